The van der Waals surface area contributed by atoms with Crippen molar-refractivity contribution in [2.45, 2.75) is 39.2 Å². The van der Waals surface area contributed by atoms with Gasteiger partial charge >= 0.3 is 0 Å². The molecule has 0 N–H and O–H groups in total. The topological polar surface area (TPSA) is 9.23 Å². The summed E-state index contributed by atoms with van der Waals surface area (Å²) in [5.41, 5.74) is 2.02. The molecule has 1 nitrogen and oxygen atoms in total. The summed E-state index contributed by atoms with van der Waals surface area (Å²) in [4.78, 5) is 0. The van der Waals surface area contributed by atoms with Crippen LogP contribution < -0.4 is 0 Å². The van der Waals surface area contributed by atoms with Crippen molar-refractivity contribution in [2.24, 2.45) is 0 Å². The zero-order valence-corrected chi connectivity index (χ0v) is 10.8. The molecule has 2 rings (SSSR count). The molecular formula is C15H18F2O. The van der Waals surface area contributed by atoms with Gasteiger partial charge in [0.05, 0.1) is 12.7 Å². The van der Waals surface area contributed by atoms with Crippen molar-refractivity contribution in [3.8, 4) is 0 Å². The summed E-state index contributed by atoms with van der Waals surface area (Å²) in [5.74, 6) is -1.44. The lowest BCUT2D eigenvalue weighted by Crippen LogP contribution is -2.19. The number of rotatable bonds is 3. The van der Waals surface area contributed by atoms with Crippen LogP contribution in [0.4, 0.5) is 8.78 Å². The summed E-state index contributed by atoms with van der Waals surface area (Å²) in [5, 5.41) is 0. The van der Waals surface area contributed by atoms with E-state index in [-0.39, 0.29) is 6.10 Å². The van der Waals surface area contributed by atoms with Crippen molar-refractivity contribution < 1.29 is 13.5 Å². The molecule has 0 fully saturated rings. The molecule has 0 bridgehead atoms. The fourth-order valence-corrected chi connectivity index (χ4v) is 2.11. The van der Waals surface area contributed by atoms with Crippen LogP contribution in [0.15, 0.2) is 23.8 Å². The Bertz CT molecular complexity index is 466. The van der Waals surface area contributed by atoms with Gasteiger partial charge in [0, 0.05) is 0 Å². The average Bonchev–Trinajstić information content (AvgIpc) is 2.37. The quantitative estimate of drug-likeness (QED) is 0.740. The molecule has 0 spiro atoms. The molecule has 1 atom stereocenters. The van der Waals surface area contributed by atoms with Gasteiger partial charge in [0.2, 0.25) is 0 Å². The molecule has 98 valence electrons. The number of benzene rings is 1. The Morgan fingerprint density at radius 2 is 2.00 bits per heavy atom. The van der Waals surface area contributed by atoms with Gasteiger partial charge < -0.3 is 4.74 Å². The van der Waals surface area contributed by atoms with Gasteiger partial charge in [0.1, 0.15) is 0 Å². The molecule has 0 aromatic heterocycles. The van der Waals surface area contributed by atoms with E-state index in [2.05, 4.69) is 6.08 Å². The van der Waals surface area contributed by atoms with Gasteiger partial charge in [-0.15, -0.1) is 0 Å². The SMILES string of the molecule is CC1=CCC(CCc2ccc(C)c(F)c2F)OC1. The van der Waals surface area contributed by atoms with Crippen molar-refractivity contribution in [3.05, 3.63) is 46.5 Å². The van der Waals surface area contributed by atoms with Crippen LogP contribution in [0.25, 0.3) is 0 Å². The van der Waals surface area contributed by atoms with E-state index in [0.717, 1.165) is 12.8 Å². The van der Waals surface area contributed by atoms with E-state index < -0.39 is 11.6 Å². The van der Waals surface area contributed by atoms with E-state index >= 15 is 0 Å². The van der Waals surface area contributed by atoms with E-state index in [1.165, 1.54) is 5.57 Å². The third-order valence-corrected chi connectivity index (χ3v) is 3.37. The van der Waals surface area contributed by atoms with Crippen molar-refractivity contribution in [3.63, 3.8) is 0 Å². The minimum absolute atomic E-state index is 0.123. The van der Waals surface area contributed by atoms with Gasteiger partial charge in [0.25, 0.3) is 0 Å². The van der Waals surface area contributed by atoms with Gasteiger partial charge in [-0.1, -0.05) is 23.8 Å². The Morgan fingerprint density at radius 1 is 1.22 bits per heavy atom. The minimum Gasteiger partial charge on any atom is -0.374 e. The zero-order chi connectivity index (χ0) is 13.1. The highest BCUT2D eigenvalue weighted by Crippen LogP contribution is 2.20. The summed E-state index contributed by atoms with van der Waals surface area (Å²) in [6.07, 6.45) is 4.38. The fourth-order valence-electron chi connectivity index (χ4n) is 2.11. The maximum absolute atomic E-state index is 13.7. The molecule has 1 aliphatic rings. The van der Waals surface area contributed by atoms with Crippen LogP contribution in [0.3, 0.4) is 0 Å². The van der Waals surface area contributed by atoms with Gasteiger partial charge in [-0.2, -0.15) is 0 Å². The first-order valence-corrected chi connectivity index (χ1v) is 6.28. The van der Waals surface area contributed by atoms with Crippen LogP contribution in [-0.2, 0) is 11.2 Å². The summed E-state index contributed by atoms with van der Waals surface area (Å²) in [7, 11) is 0. The number of halogens is 2. The lowest BCUT2D eigenvalue weighted by atomic mass is 10.0. The van der Waals surface area contributed by atoms with Crippen LogP contribution in [0.5, 0.6) is 0 Å². The molecule has 1 aromatic carbocycles. The van der Waals surface area contributed by atoms with Crippen molar-refractivity contribution in [1.82, 2.24) is 0 Å². The highest BCUT2D eigenvalue weighted by molar-refractivity contribution is 5.25. The van der Waals surface area contributed by atoms with Crippen molar-refractivity contribution >= 4 is 0 Å². The normalized spacial score (nSPS) is 19.8. The molecule has 0 saturated heterocycles. The second-order valence-corrected chi connectivity index (χ2v) is 4.93. The molecule has 0 aliphatic carbocycles. The number of ether oxygens (including phenoxy) is 1. The van der Waals surface area contributed by atoms with Crippen LogP contribution in [0.2, 0.25) is 0 Å². The number of aryl methyl sites for hydroxylation is 2. The highest BCUT2D eigenvalue weighted by atomic mass is 19.2. The van der Waals surface area contributed by atoms with Crippen LogP contribution in [0, 0.1) is 18.6 Å². The van der Waals surface area contributed by atoms with E-state index in [1.807, 2.05) is 6.92 Å². The largest absolute Gasteiger partial charge is 0.374 e. The highest BCUT2D eigenvalue weighted by Gasteiger charge is 2.15. The first-order chi connectivity index (χ1) is 8.58. The third kappa shape index (κ3) is 2.96. The molecule has 1 heterocycles. The van der Waals surface area contributed by atoms with Gasteiger partial charge in [-0.3, -0.25) is 0 Å². The van der Waals surface area contributed by atoms with Crippen LogP contribution in [-0.4, -0.2) is 12.7 Å². The summed E-state index contributed by atoms with van der Waals surface area (Å²) in [6.45, 7) is 4.25. The van der Waals surface area contributed by atoms with E-state index in [4.69, 9.17) is 4.74 Å². The third-order valence-electron chi connectivity index (χ3n) is 3.37. The molecule has 3 heteroatoms. The van der Waals surface area contributed by atoms with Crippen molar-refractivity contribution in [2.75, 3.05) is 6.61 Å². The van der Waals surface area contributed by atoms with E-state index in [9.17, 15) is 8.78 Å². The molecular weight excluding hydrogens is 234 g/mol. The molecule has 0 saturated carbocycles. The first kappa shape index (κ1) is 13.2. The first-order valence-electron chi connectivity index (χ1n) is 6.28. The lowest BCUT2D eigenvalue weighted by molar-refractivity contribution is 0.0561. The number of hydrogen-bond acceptors (Lipinski definition) is 1. The van der Waals surface area contributed by atoms with Crippen LogP contribution >= 0.6 is 0 Å². The standard InChI is InChI=1S/C15H18F2O/c1-10-3-7-13(18-9-10)8-6-12-5-4-11(2)14(16)15(12)17/h3-5,13H,6-9H2,1-2H3. The smallest absolute Gasteiger partial charge is 0.162 e. The van der Waals surface area contributed by atoms with Crippen LogP contribution in [0.1, 0.15) is 30.9 Å². The Balaban J connectivity index is 1.97. The lowest BCUT2D eigenvalue weighted by Gasteiger charge is -2.21. The van der Waals surface area contributed by atoms with Crippen molar-refractivity contribution in [1.29, 1.82) is 0 Å². The van der Waals surface area contributed by atoms with Gasteiger partial charge in [0.15, 0.2) is 11.6 Å². The maximum atomic E-state index is 13.7. The summed E-state index contributed by atoms with van der Waals surface area (Å²) >= 11 is 0. The molecule has 18 heavy (non-hydrogen) atoms. The van der Waals surface area contributed by atoms with E-state index in [1.54, 1.807) is 19.1 Å². The zero-order valence-electron chi connectivity index (χ0n) is 10.8. The Morgan fingerprint density at radius 3 is 2.67 bits per heavy atom. The molecule has 0 amide bonds. The second-order valence-electron chi connectivity index (χ2n) is 4.93. The Kier molecular flexibility index (Phi) is 4.12. The molecule has 1 aliphatic heterocycles. The minimum atomic E-state index is -0.729. The summed E-state index contributed by atoms with van der Waals surface area (Å²) in [6, 6.07) is 3.29. The molecule has 1 unspecified atom stereocenters. The Labute approximate surface area is 106 Å². The fraction of sp³-hybridized carbons (Fsp3) is 0.467. The average molecular weight is 252 g/mol. The Hall–Kier alpha value is -1.22. The number of hydrogen-bond donors (Lipinski definition) is 0. The predicted octanol–water partition coefficient (Wildman–Crippen LogP) is 3.94. The van der Waals surface area contributed by atoms with Gasteiger partial charge in [-0.05, 0) is 44.2 Å². The monoisotopic (exact) mass is 252 g/mol. The molecule has 1 aromatic rings. The molecule has 0 radical (unpaired) electrons. The summed E-state index contributed by atoms with van der Waals surface area (Å²) < 4.78 is 32.7. The predicted molar refractivity (Wildman–Crippen MR) is 67.5 cm³/mol. The maximum Gasteiger partial charge on any atom is 0.162 e. The van der Waals surface area contributed by atoms with Gasteiger partial charge in [-0.25, -0.2) is 8.78 Å². The van der Waals surface area contributed by atoms with E-state index in [0.29, 0.717) is 24.2 Å². The second kappa shape index (κ2) is 5.61.